The van der Waals surface area contributed by atoms with Crippen molar-refractivity contribution < 1.29 is 12.9 Å². The van der Waals surface area contributed by atoms with Gasteiger partial charge in [-0.2, -0.15) is 4.31 Å². The van der Waals surface area contributed by atoms with Gasteiger partial charge in [-0.3, -0.25) is 0 Å². The maximum Gasteiger partial charge on any atom is 0.248 e. The number of sulfonamides is 1. The van der Waals surface area contributed by atoms with E-state index in [1.807, 2.05) is 6.92 Å². The molecule has 0 amide bonds. The molecule has 0 bridgehead atoms. The quantitative estimate of drug-likeness (QED) is 0.897. The Kier molecular flexibility index (Phi) is 3.98. The number of rotatable bonds is 3. The minimum atomic E-state index is -3.52. The molecule has 19 heavy (non-hydrogen) atoms. The summed E-state index contributed by atoms with van der Waals surface area (Å²) in [7, 11) is -3.52. The smallest absolute Gasteiger partial charge is 0.248 e. The maximum absolute atomic E-state index is 12.6. The standard InChI is InChI=1S/C12H21N3O3S/c1-8(13)11-5-4-6-15(7-11)19(16,17)12-9(2)14-18-10(12)3/h8,11H,4-7,13H2,1-3H3. The summed E-state index contributed by atoms with van der Waals surface area (Å²) >= 11 is 0. The predicted molar refractivity (Wildman–Crippen MR) is 71.1 cm³/mol. The fourth-order valence-electron chi connectivity index (χ4n) is 2.59. The van der Waals surface area contributed by atoms with Gasteiger partial charge in [-0.1, -0.05) is 5.16 Å². The number of hydrogen-bond donors (Lipinski definition) is 1. The van der Waals surface area contributed by atoms with Gasteiger partial charge in [0.25, 0.3) is 0 Å². The van der Waals surface area contributed by atoms with Crippen LogP contribution in [0.2, 0.25) is 0 Å². The van der Waals surface area contributed by atoms with Crippen molar-refractivity contribution in [1.82, 2.24) is 9.46 Å². The van der Waals surface area contributed by atoms with Crippen LogP contribution in [0.1, 0.15) is 31.2 Å². The Morgan fingerprint density at radius 2 is 2.16 bits per heavy atom. The van der Waals surface area contributed by atoms with E-state index in [9.17, 15) is 8.42 Å². The third-order valence-corrected chi connectivity index (χ3v) is 5.84. The van der Waals surface area contributed by atoms with E-state index in [1.165, 1.54) is 4.31 Å². The average Bonchev–Trinajstić information content (AvgIpc) is 2.69. The lowest BCUT2D eigenvalue weighted by Crippen LogP contribution is -2.45. The van der Waals surface area contributed by atoms with Crippen molar-refractivity contribution in [3.05, 3.63) is 11.5 Å². The van der Waals surface area contributed by atoms with Crippen molar-refractivity contribution in [3.63, 3.8) is 0 Å². The lowest BCUT2D eigenvalue weighted by Gasteiger charge is -2.33. The second-order valence-electron chi connectivity index (χ2n) is 5.28. The molecular weight excluding hydrogens is 266 g/mol. The van der Waals surface area contributed by atoms with E-state index in [2.05, 4.69) is 5.16 Å². The Labute approximate surface area is 114 Å². The van der Waals surface area contributed by atoms with E-state index in [-0.39, 0.29) is 16.9 Å². The summed E-state index contributed by atoms with van der Waals surface area (Å²) in [6, 6.07) is 0.00247. The van der Waals surface area contributed by atoms with Gasteiger partial charge in [0.15, 0.2) is 5.76 Å². The lowest BCUT2D eigenvalue weighted by molar-refractivity contribution is 0.243. The maximum atomic E-state index is 12.6. The van der Waals surface area contributed by atoms with Gasteiger partial charge in [-0.25, -0.2) is 8.42 Å². The molecule has 2 atom stereocenters. The van der Waals surface area contributed by atoms with Crippen LogP contribution in [0.4, 0.5) is 0 Å². The highest BCUT2D eigenvalue weighted by atomic mass is 32.2. The Bertz CT molecular complexity index is 531. The molecule has 6 nitrogen and oxygen atoms in total. The zero-order valence-electron chi connectivity index (χ0n) is 11.6. The average molecular weight is 287 g/mol. The highest BCUT2D eigenvalue weighted by Gasteiger charge is 2.35. The molecule has 0 radical (unpaired) electrons. The number of nitrogens with two attached hydrogens (primary N) is 1. The van der Waals surface area contributed by atoms with Crippen molar-refractivity contribution in [2.75, 3.05) is 13.1 Å². The van der Waals surface area contributed by atoms with Crippen LogP contribution in [0.25, 0.3) is 0 Å². The molecule has 0 spiro atoms. The molecule has 108 valence electrons. The summed E-state index contributed by atoms with van der Waals surface area (Å²) in [5, 5.41) is 3.73. The molecule has 7 heteroatoms. The Hall–Kier alpha value is -0.920. The van der Waals surface area contributed by atoms with Gasteiger partial charge in [0, 0.05) is 19.1 Å². The minimum absolute atomic E-state index is 0.00247. The molecule has 1 saturated heterocycles. The first kappa shape index (κ1) is 14.5. The minimum Gasteiger partial charge on any atom is -0.360 e. The molecule has 2 N–H and O–H groups in total. The summed E-state index contributed by atoms with van der Waals surface area (Å²) in [5.74, 6) is 0.560. The van der Waals surface area contributed by atoms with Crippen molar-refractivity contribution in [1.29, 1.82) is 0 Å². The first-order valence-corrected chi connectivity index (χ1v) is 7.96. The van der Waals surface area contributed by atoms with Gasteiger partial charge >= 0.3 is 0 Å². The zero-order chi connectivity index (χ0) is 14.2. The number of piperidine rings is 1. The largest absolute Gasteiger partial charge is 0.360 e. The van der Waals surface area contributed by atoms with E-state index in [1.54, 1.807) is 13.8 Å². The molecule has 1 aromatic heterocycles. The molecule has 1 fully saturated rings. The first-order chi connectivity index (χ1) is 8.84. The molecule has 1 aromatic rings. The predicted octanol–water partition coefficient (Wildman–Crippen LogP) is 1.04. The van der Waals surface area contributed by atoms with Crippen LogP contribution < -0.4 is 5.73 Å². The number of nitrogens with zero attached hydrogens (tertiary/aromatic N) is 2. The van der Waals surface area contributed by atoms with Crippen molar-refractivity contribution in [2.24, 2.45) is 11.7 Å². The molecular formula is C12H21N3O3S. The van der Waals surface area contributed by atoms with Crippen LogP contribution in [-0.2, 0) is 10.0 Å². The summed E-state index contributed by atoms with van der Waals surface area (Å²) in [5.41, 5.74) is 6.32. The molecule has 1 aliphatic rings. The summed E-state index contributed by atoms with van der Waals surface area (Å²) in [6.45, 7) is 6.21. The highest BCUT2D eigenvalue weighted by Crippen LogP contribution is 2.28. The number of aromatic nitrogens is 1. The molecule has 1 aliphatic heterocycles. The monoisotopic (exact) mass is 287 g/mol. The van der Waals surface area contributed by atoms with Crippen LogP contribution in [0.5, 0.6) is 0 Å². The normalized spacial score (nSPS) is 23.5. The Morgan fingerprint density at radius 3 is 2.68 bits per heavy atom. The fraction of sp³-hybridized carbons (Fsp3) is 0.750. The first-order valence-electron chi connectivity index (χ1n) is 6.52. The zero-order valence-corrected chi connectivity index (χ0v) is 12.4. The number of aryl methyl sites for hydroxylation is 2. The van der Waals surface area contributed by atoms with Gasteiger partial charge in [0.2, 0.25) is 10.0 Å². The second kappa shape index (κ2) is 5.22. The van der Waals surface area contributed by atoms with Crippen molar-refractivity contribution in [2.45, 2.75) is 44.6 Å². The van der Waals surface area contributed by atoms with Crippen LogP contribution in [0, 0.1) is 19.8 Å². The molecule has 2 heterocycles. The van der Waals surface area contributed by atoms with Gasteiger partial charge in [0.05, 0.1) is 0 Å². The van der Waals surface area contributed by atoms with E-state index >= 15 is 0 Å². The highest BCUT2D eigenvalue weighted by molar-refractivity contribution is 7.89. The van der Waals surface area contributed by atoms with E-state index < -0.39 is 10.0 Å². The van der Waals surface area contributed by atoms with Crippen LogP contribution >= 0.6 is 0 Å². The molecule has 0 aromatic carbocycles. The van der Waals surface area contributed by atoms with Gasteiger partial charge < -0.3 is 10.3 Å². The Morgan fingerprint density at radius 1 is 1.47 bits per heavy atom. The lowest BCUT2D eigenvalue weighted by atomic mass is 9.93. The van der Waals surface area contributed by atoms with Crippen molar-refractivity contribution in [3.8, 4) is 0 Å². The third-order valence-electron chi connectivity index (χ3n) is 3.73. The van der Waals surface area contributed by atoms with Crippen LogP contribution in [0.15, 0.2) is 9.42 Å². The van der Waals surface area contributed by atoms with E-state index in [4.69, 9.17) is 10.3 Å². The molecule has 2 unspecified atom stereocenters. The summed E-state index contributed by atoms with van der Waals surface area (Å²) in [4.78, 5) is 0.206. The molecule has 0 aliphatic carbocycles. The van der Waals surface area contributed by atoms with Crippen LogP contribution in [0.3, 0.4) is 0 Å². The van der Waals surface area contributed by atoms with E-state index in [0.29, 0.717) is 24.5 Å². The fourth-order valence-corrected chi connectivity index (χ4v) is 4.42. The molecule has 0 saturated carbocycles. The summed E-state index contributed by atoms with van der Waals surface area (Å²) in [6.07, 6.45) is 1.82. The van der Waals surface area contributed by atoms with Gasteiger partial charge in [-0.05, 0) is 39.5 Å². The topological polar surface area (TPSA) is 89.4 Å². The van der Waals surface area contributed by atoms with Crippen LogP contribution in [-0.4, -0.2) is 37.0 Å². The SMILES string of the molecule is Cc1noc(C)c1S(=O)(=O)N1CCCC(C(C)N)C1. The summed E-state index contributed by atoms with van der Waals surface area (Å²) < 4.78 is 31.8. The van der Waals surface area contributed by atoms with Gasteiger partial charge in [-0.15, -0.1) is 0 Å². The Balaban J connectivity index is 2.30. The van der Waals surface area contributed by atoms with E-state index in [0.717, 1.165) is 12.8 Å². The van der Waals surface area contributed by atoms with Gasteiger partial charge in [0.1, 0.15) is 10.6 Å². The number of hydrogen-bond acceptors (Lipinski definition) is 5. The van der Waals surface area contributed by atoms with Crippen molar-refractivity contribution >= 4 is 10.0 Å². The second-order valence-corrected chi connectivity index (χ2v) is 7.15. The third kappa shape index (κ3) is 2.68. The molecule has 2 rings (SSSR count).